The second-order valence-corrected chi connectivity index (χ2v) is 5.97. The number of nitrogens with zero attached hydrogens (tertiary/aromatic N) is 1. The molecule has 0 spiro atoms. The van der Waals surface area contributed by atoms with Gasteiger partial charge < -0.3 is 4.90 Å². The van der Waals surface area contributed by atoms with Gasteiger partial charge in [-0.25, -0.2) is 0 Å². The molecule has 1 aromatic rings. The summed E-state index contributed by atoms with van der Waals surface area (Å²) in [6.07, 6.45) is 0.493. The highest BCUT2D eigenvalue weighted by atomic mass is 16.2. The van der Waals surface area contributed by atoms with Gasteiger partial charge in [0.05, 0.1) is 6.42 Å². The van der Waals surface area contributed by atoms with Crippen molar-refractivity contribution in [2.75, 3.05) is 13.6 Å². The van der Waals surface area contributed by atoms with E-state index in [9.17, 15) is 4.79 Å². The summed E-state index contributed by atoms with van der Waals surface area (Å²) in [7, 11) is 1.88. The van der Waals surface area contributed by atoms with Crippen LogP contribution in [-0.2, 0) is 11.2 Å². The molecule has 0 atom stereocenters. The normalized spacial score (nSPS) is 11.4. The zero-order valence-corrected chi connectivity index (χ0v) is 11.6. The Morgan fingerprint density at radius 3 is 2.18 bits per heavy atom. The fourth-order valence-electron chi connectivity index (χ4n) is 1.82. The summed E-state index contributed by atoms with van der Waals surface area (Å²) >= 11 is 0. The molecule has 0 saturated carbocycles. The van der Waals surface area contributed by atoms with Gasteiger partial charge in [-0.15, -0.1) is 0 Å². The Bertz CT molecular complexity index is 373. The lowest BCUT2D eigenvalue weighted by atomic mass is 9.96. The molecule has 1 amide bonds. The minimum absolute atomic E-state index is 0.150. The van der Waals surface area contributed by atoms with Crippen LogP contribution < -0.4 is 0 Å². The monoisotopic (exact) mass is 233 g/mol. The number of hydrogen-bond acceptors (Lipinski definition) is 1. The van der Waals surface area contributed by atoms with Crippen LogP contribution in [0.4, 0.5) is 0 Å². The first-order chi connectivity index (χ1) is 7.78. The van der Waals surface area contributed by atoms with E-state index in [4.69, 9.17) is 0 Å². The van der Waals surface area contributed by atoms with E-state index in [1.54, 1.807) is 0 Å². The number of aryl methyl sites for hydroxylation is 1. The van der Waals surface area contributed by atoms with Gasteiger partial charge in [0.1, 0.15) is 0 Å². The Labute approximate surface area is 105 Å². The van der Waals surface area contributed by atoms with Gasteiger partial charge in [0.2, 0.25) is 5.91 Å². The van der Waals surface area contributed by atoms with E-state index in [0.717, 1.165) is 12.1 Å². The van der Waals surface area contributed by atoms with Crippen LogP contribution in [0.1, 0.15) is 31.9 Å². The zero-order valence-electron chi connectivity index (χ0n) is 11.6. The minimum Gasteiger partial charge on any atom is -0.345 e. The maximum Gasteiger partial charge on any atom is 0.226 e. The minimum atomic E-state index is 0.150. The fourth-order valence-corrected chi connectivity index (χ4v) is 1.82. The van der Waals surface area contributed by atoms with E-state index in [2.05, 4.69) is 27.7 Å². The molecule has 0 N–H and O–H groups in total. The quantitative estimate of drug-likeness (QED) is 0.786. The van der Waals surface area contributed by atoms with E-state index in [-0.39, 0.29) is 11.3 Å². The third kappa shape index (κ3) is 5.03. The van der Waals surface area contributed by atoms with Crippen molar-refractivity contribution in [3.05, 3.63) is 35.4 Å². The van der Waals surface area contributed by atoms with Gasteiger partial charge in [-0.2, -0.15) is 0 Å². The number of rotatable bonds is 3. The van der Waals surface area contributed by atoms with Crippen molar-refractivity contribution >= 4 is 5.91 Å². The molecule has 0 unspecified atom stereocenters. The largest absolute Gasteiger partial charge is 0.345 e. The molecule has 0 aliphatic rings. The second kappa shape index (κ2) is 5.35. The Balaban J connectivity index is 2.57. The average Bonchev–Trinajstić information content (AvgIpc) is 2.19. The van der Waals surface area contributed by atoms with Gasteiger partial charge in [-0.1, -0.05) is 50.6 Å². The van der Waals surface area contributed by atoms with Crippen LogP contribution in [0.2, 0.25) is 0 Å². The topological polar surface area (TPSA) is 20.3 Å². The number of likely N-dealkylation sites (N-methyl/N-ethyl adjacent to an activating group) is 1. The molecule has 0 saturated heterocycles. The van der Waals surface area contributed by atoms with E-state index in [1.165, 1.54) is 5.56 Å². The number of amides is 1. The Morgan fingerprint density at radius 1 is 1.18 bits per heavy atom. The highest BCUT2D eigenvalue weighted by Gasteiger charge is 2.17. The fraction of sp³-hybridized carbons (Fsp3) is 0.533. The third-order valence-electron chi connectivity index (χ3n) is 2.61. The van der Waals surface area contributed by atoms with Crippen molar-refractivity contribution in [1.82, 2.24) is 4.90 Å². The lowest BCUT2D eigenvalue weighted by Crippen LogP contribution is -2.35. The standard InChI is InChI=1S/C15H23NO/c1-12-6-8-13(9-7-12)10-14(17)16(5)11-15(2,3)4/h6-9H,10-11H2,1-5H3. The predicted octanol–water partition coefficient (Wildman–Crippen LogP) is 3.04. The van der Waals surface area contributed by atoms with Crippen molar-refractivity contribution in [1.29, 1.82) is 0 Å². The van der Waals surface area contributed by atoms with Gasteiger partial charge in [0.25, 0.3) is 0 Å². The van der Waals surface area contributed by atoms with Crippen molar-refractivity contribution in [2.24, 2.45) is 5.41 Å². The molecule has 2 heteroatoms. The molecule has 0 radical (unpaired) electrons. The summed E-state index contributed by atoms with van der Waals surface area (Å²) in [6, 6.07) is 8.15. The summed E-state index contributed by atoms with van der Waals surface area (Å²) in [5, 5.41) is 0. The van der Waals surface area contributed by atoms with Crippen molar-refractivity contribution in [2.45, 2.75) is 34.1 Å². The van der Waals surface area contributed by atoms with Crippen molar-refractivity contribution < 1.29 is 4.79 Å². The van der Waals surface area contributed by atoms with E-state index in [0.29, 0.717) is 6.42 Å². The number of carbonyl (C=O) groups excluding carboxylic acids is 1. The first-order valence-electron chi connectivity index (χ1n) is 6.07. The molecule has 17 heavy (non-hydrogen) atoms. The first-order valence-corrected chi connectivity index (χ1v) is 6.07. The molecule has 94 valence electrons. The van der Waals surface area contributed by atoms with Crippen molar-refractivity contribution in [3.8, 4) is 0 Å². The van der Waals surface area contributed by atoms with E-state index in [1.807, 2.05) is 36.2 Å². The molecule has 0 heterocycles. The molecule has 0 bridgehead atoms. The molecule has 0 aromatic heterocycles. The van der Waals surface area contributed by atoms with Gasteiger partial charge in [0.15, 0.2) is 0 Å². The molecule has 1 aromatic carbocycles. The maximum atomic E-state index is 12.0. The molecule has 0 fully saturated rings. The smallest absolute Gasteiger partial charge is 0.226 e. The number of benzene rings is 1. The summed E-state index contributed by atoms with van der Waals surface area (Å²) in [4.78, 5) is 13.8. The zero-order chi connectivity index (χ0) is 13.1. The summed E-state index contributed by atoms with van der Waals surface area (Å²) in [6.45, 7) is 9.27. The molecule has 0 aliphatic carbocycles. The van der Waals surface area contributed by atoms with E-state index >= 15 is 0 Å². The van der Waals surface area contributed by atoms with Crippen LogP contribution in [0.5, 0.6) is 0 Å². The Hall–Kier alpha value is -1.31. The molecular formula is C15H23NO. The molecule has 2 nitrogen and oxygen atoms in total. The van der Waals surface area contributed by atoms with Crippen LogP contribution in [-0.4, -0.2) is 24.4 Å². The highest BCUT2D eigenvalue weighted by molar-refractivity contribution is 5.78. The maximum absolute atomic E-state index is 12.0. The van der Waals surface area contributed by atoms with Gasteiger partial charge in [-0.3, -0.25) is 4.79 Å². The lowest BCUT2D eigenvalue weighted by molar-refractivity contribution is -0.130. The van der Waals surface area contributed by atoms with Crippen LogP contribution in [0, 0.1) is 12.3 Å². The second-order valence-electron chi connectivity index (χ2n) is 5.97. The molecule has 0 aliphatic heterocycles. The van der Waals surface area contributed by atoms with Gasteiger partial charge in [0, 0.05) is 13.6 Å². The highest BCUT2D eigenvalue weighted by Crippen LogP contribution is 2.15. The van der Waals surface area contributed by atoms with Crippen LogP contribution in [0.15, 0.2) is 24.3 Å². The van der Waals surface area contributed by atoms with E-state index < -0.39 is 0 Å². The third-order valence-corrected chi connectivity index (χ3v) is 2.61. The molecular weight excluding hydrogens is 210 g/mol. The van der Waals surface area contributed by atoms with Gasteiger partial charge >= 0.3 is 0 Å². The van der Waals surface area contributed by atoms with Crippen LogP contribution in [0.3, 0.4) is 0 Å². The molecule has 1 rings (SSSR count). The summed E-state index contributed by atoms with van der Waals surface area (Å²) in [5.74, 6) is 0.184. The summed E-state index contributed by atoms with van der Waals surface area (Å²) < 4.78 is 0. The Kier molecular flexibility index (Phi) is 4.33. The predicted molar refractivity (Wildman–Crippen MR) is 72.0 cm³/mol. The van der Waals surface area contributed by atoms with Crippen LogP contribution in [0.25, 0.3) is 0 Å². The van der Waals surface area contributed by atoms with Crippen molar-refractivity contribution in [3.63, 3.8) is 0 Å². The number of hydrogen-bond donors (Lipinski definition) is 0. The lowest BCUT2D eigenvalue weighted by Gasteiger charge is -2.26. The number of carbonyl (C=O) groups is 1. The Morgan fingerprint density at radius 2 is 1.71 bits per heavy atom. The van der Waals surface area contributed by atoms with Crippen LogP contribution >= 0.6 is 0 Å². The summed E-state index contributed by atoms with van der Waals surface area (Å²) in [5.41, 5.74) is 2.46. The first kappa shape index (κ1) is 13.8. The van der Waals surface area contributed by atoms with Gasteiger partial charge in [-0.05, 0) is 17.9 Å². The SMILES string of the molecule is Cc1ccc(CC(=O)N(C)CC(C)(C)C)cc1. The average molecular weight is 233 g/mol.